The number of amides is 2. The maximum absolute atomic E-state index is 13.3. The van der Waals surface area contributed by atoms with E-state index in [0.29, 0.717) is 17.1 Å². The van der Waals surface area contributed by atoms with Gasteiger partial charge in [-0.2, -0.15) is 13.2 Å². The Kier molecular flexibility index (Phi) is 11.0. The predicted molar refractivity (Wildman–Crippen MR) is 142 cm³/mol. The summed E-state index contributed by atoms with van der Waals surface area (Å²) in [5.41, 5.74) is -0.420. The maximum Gasteiger partial charge on any atom is 0.416 e. The second-order valence-corrected chi connectivity index (χ2v) is 11.8. The highest BCUT2D eigenvalue weighted by Crippen LogP contribution is 2.32. The van der Waals surface area contributed by atoms with Gasteiger partial charge in [-0.05, 0) is 55.2 Å². The van der Waals surface area contributed by atoms with Gasteiger partial charge >= 0.3 is 6.18 Å². The monoisotopic (exact) mass is 575 g/mol. The van der Waals surface area contributed by atoms with Crippen LogP contribution in [0.4, 0.5) is 18.9 Å². The van der Waals surface area contributed by atoms with Crippen molar-refractivity contribution < 1.29 is 31.2 Å². The lowest BCUT2D eigenvalue weighted by molar-refractivity contribution is -0.140. The summed E-state index contributed by atoms with van der Waals surface area (Å²) in [6, 6.07) is 10.0. The molecule has 2 aromatic carbocycles. The van der Waals surface area contributed by atoms with Crippen LogP contribution < -0.4 is 9.62 Å². The van der Waals surface area contributed by atoms with Crippen molar-refractivity contribution in [2.75, 3.05) is 23.7 Å². The minimum Gasteiger partial charge on any atom is -0.354 e. The number of halogens is 4. The fourth-order valence-electron chi connectivity index (χ4n) is 3.71. The van der Waals surface area contributed by atoms with Crippen LogP contribution in [0.1, 0.15) is 44.7 Å². The normalized spacial score (nSPS) is 12.8. The molecule has 0 fully saturated rings. The van der Waals surface area contributed by atoms with Gasteiger partial charge in [0.1, 0.15) is 6.04 Å². The van der Waals surface area contributed by atoms with Crippen molar-refractivity contribution in [2.45, 2.75) is 52.4 Å². The number of carbonyl (C=O) groups is 2. The van der Waals surface area contributed by atoms with Gasteiger partial charge in [-0.1, -0.05) is 43.6 Å². The van der Waals surface area contributed by atoms with Crippen LogP contribution in [0.2, 0.25) is 5.02 Å². The zero-order chi connectivity index (χ0) is 28.7. The molecule has 0 heterocycles. The van der Waals surface area contributed by atoms with Gasteiger partial charge in [0.25, 0.3) is 0 Å². The molecule has 0 unspecified atom stereocenters. The summed E-state index contributed by atoms with van der Waals surface area (Å²) in [4.78, 5) is 27.4. The zero-order valence-electron chi connectivity index (χ0n) is 21.8. The molecule has 0 aliphatic rings. The first kappa shape index (κ1) is 31.4. The molecular formula is C26H33ClF3N3O4S. The van der Waals surface area contributed by atoms with Gasteiger partial charge in [0.05, 0.1) is 17.5 Å². The van der Waals surface area contributed by atoms with Crippen LogP contribution in [-0.2, 0) is 32.3 Å². The predicted octanol–water partition coefficient (Wildman–Crippen LogP) is 5.09. The SMILES string of the molecule is CC(C)CNC(=O)[C@H](C)N(Cc1cccc(Cl)c1)C(=O)CCCN(c1cccc(C(F)(F)F)c1)S(C)(=O)=O. The van der Waals surface area contributed by atoms with E-state index >= 15 is 0 Å². The van der Waals surface area contributed by atoms with E-state index in [-0.39, 0.29) is 43.4 Å². The van der Waals surface area contributed by atoms with E-state index in [2.05, 4.69) is 5.32 Å². The van der Waals surface area contributed by atoms with Crippen molar-refractivity contribution in [3.05, 3.63) is 64.7 Å². The molecule has 0 bridgehead atoms. The van der Waals surface area contributed by atoms with E-state index in [9.17, 15) is 31.2 Å². The van der Waals surface area contributed by atoms with Gasteiger partial charge in [0, 0.05) is 31.1 Å². The van der Waals surface area contributed by atoms with Gasteiger partial charge in [0.15, 0.2) is 0 Å². The van der Waals surface area contributed by atoms with Crippen molar-refractivity contribution in [1.29, 1.82) is 0 Å². The summed E-state index contributed by atoms with van der Waals surface area (Å²) >= 11 is 6.08. The topological polar surface area (TPSA) is 86.8 Å². The fraction of sp³-hybridized carbons (Fsp3) is 0.462. The standard InChI is InChI=1S/C26H33ClF3N3O4S/c1-18(2)16-31-25(35)19(3)32(17-20-8-5-10-22(27)14-20)24(34)12-7-13-33(38(4,36)37)23-11-6-9-21(15-23)26(28,29)30/h5-6,8-11,14-15,18-19H,7,12-13,16-17H2,1-4H3,(H,31,35)/t19-/m0/s1. The molecule has 1 N–H and O–H groups in total. The third-order valence-electron chi connectivity index (χ3n) is 5.71. The second-order valence-electron chi connectivity index (χ2n) is 9.45. The maximum atomic E-state index is 13.3. The Labute approximate surface area is 227 Å². The van der Waals surface area contributed by atoms with E-state index < -0.39 is 33.7 Å². The van der Waals surface area contributed by atoms with E-state index in [1.807, 2.05) is 13.8 Å². The van der Waals surface area contributed by atoms with E-state index in [4.69, 9.17) is 11.6 Å². The number of hydrogen-bond donors (Lipinski definition) is 1. The number of benzene rings is 2. The van der Waals surface area contributed by atoms with Gasteiger partial charge in [-0.15, -0.1) is 0 Å². The van der Waals surface area contributed by atoms with Crippen LogP contribution >= 0.6 is 11.6 Å². The number of carbonyl (C=O) groups excluding carboxylic acids is 2. The van der Waals surface area contributed by atoms with Crippen LogP contribution in [0.25, 0.3) is 0 Å². The molecule has 0 radical (unpaired) electrons. The van der Waals surface area contributed by atoms with Crippen molar-refractivity contribution >= 4 is 39.1 Å². The first-order valence-electron chi connectivity index (χ1n) is 12.1. The van der Waals surface area contributed by atoms with Crippen molar-refractivity contribution in [1.82, 2.24) is 10.2 Å². The summed E-state index contributed by atoms with van der Waals surface area (Å²) < 4.78 is 65.1. The number of anilines is 1. The number of nitrogens with zero attached hydrogens (tertiary/aromatic N) is 2. The number of hydrogen-bond acceptors (Lipinski definition) is 4. The van der Waals surface area contributed by atoms with Crippen molar-refractivity contribution in [3.8, 4) is 0 Å². The van der Waals surface area contributed by atoms with Crippen LogP contribution in [0.15, 0.2) is 48.5 Å². The molecule has 0 aliphatic carbocycles. The minimum atomic E-state index is -4.64. The fourth-order valence-corrected chi connectivity index (χ4v) is 4.88. The molecule has 2 amide bonds. The number of rotatable bonds is 12. The zero-order valence-corrected chi connectivity index (χ0v) is 23.3. The lowest BCUT2D eigenvalue weighted by Gasteiger charge is -2.30. The van der Waals surface area contributed by atoms with Crippen LogP contribution in [0.3, 0.4) is 0 Å². The molecule has 0 spiro atoms. The van der Waals surface area contributed by atoms with E-state index in [1.54, 1.807) is 31.2 Å². The Morgan fingerprint density at radius 3 is 2.29 bits per heavy atom. The highest BCUT2D eigenvalue weighted by Gasteiger charge is 2.32. The summed E-state index contributed by atoms with van der Waals surface area (Å²) in [5, 5.41) is 3.28. The van der Waals surface area contributed by atoms with Gasteiger partial charge in [-0.25, -0.2) is 8.42 Å². The van der Waals surface area contributed by atoms with Crippen LogP contribution in [0, 0.1) is 5.92 Å². The van der Waals surface area contributed by atoms with Gasteiger partial charge in [0.2, 0.25) is 21.8 Å². The van der Waals surface area contributed by atoms with Crippen LogP contribution in [0.5, 0.6) is 0 Å². The third kappa shape index (κ3) is 9.50. The largest absolute Gasteiger partial charge is 0.416 e. The van der Waals surface area contributed by atoms with Gasteiger partial charge < -0.3 is 10.2 Å². The summed E-state index contributed by atoms with van der Waals surface area (Å²) in [7, 11) is -3.93. The highest BCUT2D eigenvalue weighted by molar-refractivity contribution is 7.92. The Morgan fingerprint density at radius 1 is 1.05 bits per heavy atom. The third-order valence-corrected chi connectivity index (χ3v) is 7.14. The molecule has 7 nitrogen and oxygen atoms in total. The molecule has 0 aliphatic heterocycles. The van der Waals surface area contributed by atoms with E-state index in [0.717, 1.165) is 28.8 Å². The summed E-state index contributed by atoms with van der Waals surface area (Å²) in [6.45, 7) is 5.80. The first-order valence-corrected chi connectivity index (χ1v) is 14.3. The number of alkyl halides is 3. The Hall–Kier alpha value is -2.79. The number of sulfonamides is 1. The van der Waals surface area contributed by atoms with Crippen molar-refractivity contribution in [2.24, 2.45) is 5.92 Å². The first-order chi connectivity index (χ1) is 17.6. The molecule has 2 aromatic rings. The summed E-state index contributed by atoms with van der Waals surface area (Å²) in [6.07, 6.45) is -3.86. The Morgan fingerprint density at radius 2 is 1.71 bits per heavy atom. The molecule has 0 aromatic heterocycles. The average molecular weight is 576 g/mol. The van der Waals surface area contributed by atoms with Crippen molar-refractivity contribution in [3.63, 3.8) is 0 Å². The molecule has 0 saturated carbocycles. The molecule has 210 valence electrons. The molecule has 38 heavy (non-hydrogen) atoms. The highest BCUT2D eigenvalue weighted by atomic mass is 35.5. The molecule has 0 saturated heterocycles. The second kappa shape index (κ2) is 13.3. The van der Waals surface area contributed by atoms with Gasteiger partial charge in [-0.3, -0.25) is 13.9 Å². The molecular weight excluding hydrogens is 543 g/mol. The summed E-state index contributed by atoms with van der Waals surface area (Å²) in [5.74, 6) is -0.536. The number of nitrogens with one attached hydrogen (secondary N) is 1. The van der Waals surface area contributed by atoms with E-state index in [1.165, 1.54) is 11.0 Å². The smallest absolute Gasteiger partial charge is 0.354 e. The molecule has 2 rings (SSSR count). The minimum absolute atomic E-state index is 0.0223. The Balaban J connectivity index is 2.21. The lowest BCUT2D eigenvalue weighted by Crippen LogP contribution is -2.48. The average Bonchev–Trinajstić information content (AvgIpc) is 2.82. The quantitative estimate of drug-likeness (QED) is 0.382. The molecule has 12 heteroatoms. The molecule has 1 atom stereocenters. The van der Waals surface area contributed by atoms with Crippen LogP contribution in [-0.4, -0.2) is 50.5 Å². The Bertz CT molecular complexity index is 1220. The lowest BCUT2D eigenvalue weighted by atomic mass is 10.1.